The van der Waals surface area contributed by atoms with Crippen LogP contribution in [0.2, 0.25) is 0 Å². The van der Waals surface area contributed by atoms with E-state index in [1.165, 1.54) is 0 Å². The molecule has 0 aromatic heterocycles. The zero-order chi connectivity index (χ0) is 9.52. The van der Waals surface area contributed by atoms with Gasteiger partial charge in [-0.05, 0) is 5.41 Å². The first-order valence-electron chi connectivity index (χ1n) is 3.86. The first kappa shape index (κ1) is 9.52. The number of hydrogen-bond acceptors (Lipinski definition) is 2. The molecular formula is C8H12ClNO2. The minimum atomic E-state index is -0.290. The van der Waals surface area contributed by atoms with Gasteiger partial charge in [-0.2, -0.15) is 4.42 Å². The molecule has 1 rings (SSSR count). The van der Waals surface area contributed by atoms with Crippen LogP contribution in [0.15, 0.2) is 0 Å². The quantitative estimate of drug-likeness (QED) is 0.429. The van der Waals surface area contributed by atoms with Crippen LogP contribution in [0.4, 0.5) is 0 Å². The lowest BCUT2D eigenvalue weighted by Gasteiger charge is -2.23. The van der Waals surface area contributed by atoms with Crippen LogP contribution >= 0.6 is 11.8 Å². The largest absolute Gasteiger partial charge is 0.273 e. The molecule has 1 saturated heterocycles. The lowest BCUT2D eigenvalue weighted by molar-refractivity contribution is -0.134. The molecule has 1 fully saturated rings. The van der Waals surface area contributed by atoms with Crippen LogP contribution in [-0.4, -0.2) is 16.2 Å². The lowest BCUT2D eigenvalue weighted by Crippen LogP contribution is -2.28. The Morgan fingerprint density at radius 1 is 1.42 bits per heavy atom. The number of nitrogens with zero attached hydrogens (tertiary/aromatic N) is 1. The summed E-state index contributed by atoms with van der Waals surface area (Å²) in [6.45, 7) is 5.79. The van der Waals surface area contributed by atoms with Crippen LogP contribution < -0.4 is 0 Å². The summed E-state index contributed by atoms with van der Waals surface area (Å²) in [6, 6.07) is 0. The first-order chi connectivity index (χ1) is 5.34. The van der Waals surface area contributed by atoms with Crippen LogP contribution in [-0.2, 0) is 9.59 Å². The maximum atomic E-state index is 11.3. The molecule has 4 heteroatoms. The maximum absolute atomic E-state index is 11.3. The highest BCUT2D eigenvalue weighted by Gasteiger charge is 2.44. The Balaban J connectivity index is 2.86. The predicted octanol–water partition coefficient (Wildman–Crippen LogP) is 1.56. The van der Waals surface area contributed by atoms with Gasteiger partial charge in [0, 0.05) is 18.2 Å². The average molecular weight is 190 g/mol. The second kappa shape index (κ2) is 2.73. The molecule has 68 valence electrons. The number of rotatable bonds is 0. The fourth-order valence-corrected chi connectivity index (χ4v) is 1.47. The summed E-state index contributed by atoms with van der Waals surface area (Å²) in [5, 5.41) is 0. The highest BCUT2D eigenvalue weighted by molar-refractivity contribution is 6.32. The number of amides is 2. The van der Waals surface area contributed by atoms with E-state index in [1.54, 1.807) is 0 Å². The van der Waals surface area contributed by atoms with Gasteiger partial charge in [0.15, 0.2) is 0 Å². The SMILES string of the molecule is CC(C)(C)C1CC(=O)N(Cl)C1=O. The zero-order valence-corrected chi connectivity index (χ0v) is 8.18. The molecule has 0 aromatic rings. The molecule has 0 bridgehead atoms. The molecule has 0 N–H and O–H groups in total. The Morgan fingerprint density at radius 2 is 1.92 bits per heavy atom. The molecule has 3 nitrogen and oxygen atoms in total. The normalized spacial score (nSPS) is 25.3. The molecule has 1 aliphatic rings. The summed E-state index contributed by atoms with van der Waals surface area (Å²) in [6.07, 6.45) is 0.242. The molecule has 0 spiro atoms. The minimum Gasteiger partial charge on any atom is -0.273 e. The van der Waals surface area contributed by atoms with Gasteiger partial charge in [-0.1, -0.05) is 20.8 Å². The van der Waals surface area contributed by atoms with Crippen LogP contribution in [0.3, 0.4) is 0 Å². The third-order valence-corrected chi connectivity index (χ3v) is 2.49. The Bertz CT molecular complexity index is 232. The van der Waals surface area contributed by atoms with Crippen molar-refractivity contribution in [2.24, 2.45) is 11.3 Å². The lowest BCUT2D eigenvalue weighted by atomic mass is 9.80. The van der Waals surface area contributed by atoms with E-state index in [0.717, 1.165) is 0 Å². The molecule has 1 atom stereocenters. The molecular weight excluding hydrogens is 178 g/mol. The summed E-state index contributed by atoms with van der Waals surface area (Å²) in [7, 11) is 0. The zero-order valence-electron chi connectivity index (χ0n) is 7.43. The van der Waals surface area contributed by atoms with Gasteiger partial charge in [0.2, 0.25) is 11.8 Å². The van der Waals surface area contributed by atoms with E-state index in [1.807, 2.05) is 20.8 Å². The van der Waals surface area contributed by atoms with Gasteiger partial charge in [0.1, 0.15) is 0 Å². The summed E-state index contributed by atoms with van der Waals surface area (Å²) in [5.41, 5.74) is -0.184. The van der Waals surface area contributed by atoms with Crippen molar-refractivity contribution in [3.63, 3.8) is 0 Å². The number of imide groups is 1. The van der Waals surface area contributed by atoms with Crippen LogP contribution in [0.1, 0.15) is 27.2 Å². The van der Waals surface area contributed by atoms with E-state index < -0.39 is 0 Å². The third kappa shape index (κ3) is 1.46. The monoisotopic (exact) mass is 189 g/mol. The van der Waals surface area contributed by atoms with Gasteiger partial charge in [-0.15, -0.1) is 0 Å². The Kier molecular flexibility index (Phi) is 2.17. The molecule has 0 aliphatic carbocycles. The van der Waals surface area contributed by atoms with E-state index in [4.69, 9.17) is 11.8 Å². The van der Waals surface area contributed by atoms with Gasteiger partial charge in [0.05, 0.1) is 5.92 Å². The predicted molar refractivity (Wildman–Crippen MR) is 45.3 cm³/mol. The second-order valence-electron chi connectivity index (χ2n) is 4.14. The minimum absolute atomic E-state index is 0.184. The van der Waals surface area contributed by atoms with Gasteiger partial charge in [0.25, 0.3) is 0 Å². The average Bonchev–Trinajstić information content (AvgIpc) is 2.15. The number of carbonyl (C=O) groups excluding carboxylic acids is 2. The molecule has 1 heterocycles. The van der Waals surface area contributed by atoms with Gasteiger partial charge < -0.3 is 0 Å². The summed E-state index contributed by atoms with van der Waals surface area (Å²) >= 11 is 5.45. The van der Waals surface area contributed by atoms with Crippen LogP contribution in [0.25, 0.3) is 0 Å². The van der Waals surface area contributed by atoms with E-state index in [0.29, 0.717) is 4.42 Å². The van der Waals surface area contributed by atoms with E-state index in [-0.39, 0.29) is 29.6 Å². The van der Waals surface area contributed by atoms with E-state index in [2.05, 4.69) is 0 Å². The number of halogens is 1. The summed E-state index contributed by atoms with van der Waals surface area (Å²) in [5.74, 6) is -0.821. The van der Waals surface area contributed by atoms with Gasteiger partial charge in [-0.3, -0.25) is 9.59 Å². The van der Waals surface area contributed by atoms with Crippen molar-refractivity contribution < 1.29 is 9.59 Å². The van der Waals surface area contributed by atoms with Crippen LogP contribution in [0.5, 0.6) is 0 Å². The van der Waals surface area contributed by atoms with Crippen molar-refractivity contribution in [3.05, 3.63) is 0 Å². The Morgan fingerprint density at radius 3 is 2.08 bits per heavy atom. The van der Waals surface area contributed by atoms with Crippen molar-refractivity contribution in [1.82, 2.24) is 4.42 Å². The molecule has 0 saturated carbocycles. The molecule has 0 aromatic carbocycles. The molecule has 1 unspecified atom stereocenters. The third-order valence-electron chi connectivity index (χ3n) is 2.13. The van der Waals surface area contributed by atoms with Crippen molar-refractivity contribution in [3.8, 4) is 0 Å². The summed E-state index contributed by atoms with van der Waals surface area (Å²) < 4.78 is 0.704. The highest BCUT2D eigenvalue weighted by Crippen LogP contribution is 2.35. The van der Waals surface area contributed by atoms with Gasteiger partial charge in [-0.25, -0.2) is 0 Å². The van der Waals surface area contributed by atoms with Gasteiger partial charge >= 0.3 is 0 Å². The Labute approximate surface area is 76.8 Å². The molecule has 12 heavy (non-hydrogen) atoms. The molecule has 0 radical (unpaired) electrons. The van der Waals surface area contributed by atoms with Crippen LogP contribution in [0, 0.1) is 11.3 Å². The van der Waals surface area contributed by atoms with Crippen molar-refractivity contribution in [1.29, 1.82) is 0 Å². The summed E-state index contributed by atoms with van der Waals surface area (Å²) in [4.78, 5) is 22.4. The standard InChI is InChI=1S/C8H12ClNO2/c1-8(2,3)5-4-6(11)10(9)7(5)12/h5H,4H2,1-3H3. The maximum Gasteiger partial charge on any atom is 0.248 e. The number of carbonyl (C=O) groups is 2. The first-order valence-corrected chi connectivity index (χ1v) is 4.20. The van der Waals surface area contributed by atoms with E-state index >= 15 is 0 Å². The number of hydrogen-bond donors (Lipinski definition) is 0. The van der Waals surface area contributed by atoms with Crippen molar-refractivity contribution >= 4 is 23.6 Å². The Hall–Kier alpha value is -0.570. The van der Waals surface area contributed by atoms with Crippen molar-refractivity contribution in [2.45, 2.75) is 27.2 Å². The highest BCUT2D eigenvalue weighted by atomic mass is 35.5. The fourth-order valence-electron chi connectivity index (χ4n) is 1.28. The molecule has 1 aliphatic heterocycles. The van der Waals surface area contributed by atoms with Crippen molar-refractivity contribution in [2.75, 3.05) is 0 Å². The second-order valence-corrected chi connectivity index (χ2v) is 4.47. The topological polar surface area (TPSA) is 37.4 Å². The molecule has 2 amide bonds. The van der Waals surface area contributed by atoms with E-state index in [9.17, 15) is 9.59 Å². The fraction of sp³-hybridized carbons (Fsp3) is 0.750. The smallest absolute Gasteiger partial charge is 0.248 e.